The van der Waals surface area contributed by atoms with Crippen LogP contribution in [0.5, 0.6) is 0 Å². The van der Waals surface area contributed by atoms with Gasteiger partial charge in [-0.15, -0.1) is 0 Å². The lowest BCUT2D eigenvalue weighted by atomic mass is 10.1. The molecule has 1 atom stereocenters. The first-order valence-corrected chi connectivity index (χ1v) is 6.93. The first kappa shape index (κ1) is 13.4. The lowest BCUT2D eigenvalue weighted by molar-refractivity contribution is 0.0934. The quantitative estimate of drug-likeness (QED) is 0.904. The lowest BCUT2D eigenvalue weighted by Crippen LogP contribution is -2.27. The normalized spacial score (nSPS) is 16.3. The van der Waals surface area contributed by atoms with Crippen molar-refractivity contribution in [3.63, 3.8) is 0 Å². The van der Waals surface area contributed by atoms with E-state index in [1.807, 2.05) is 12.1 Å². The standard InChI is InChI=1S/C17H16N2O2/c18-16(20)12-5-7-13(8-6-12)17(21)19-15-10-9-11-3-1-2-4-14(11)15/h1-8,15H,9-10H2,(H2,18,20)(H,19,21)/t15-/m0/s1. The minimum Gasteiger partial charge on any atom is -0.366 e. The minimum atomic E-state index is -0.494. The predicted octanol–water partition coefficient (Wildman–Crippen LogP) is 2.20. The molecule has 3 N–H and O–H groups in total. The van der Waals surface area contributed by atoms with E-state index in [0.29, 0.717) is 11.1 Å². The first-order chi connectivity index (χ1) is 10.1. The van der Waals surface area contributed by atoms with Gasteiger partial charge in [0.05, 0.1) is 6.04 Å². The van der Waals surface area contributed by atoms with Crippen LogP contribution in [0.2, 0.25) is 0 Å². The summed E-state index contributed by atoms with van der Waals surface area (Å²) in [5.74, 6) is -0.626. The highest BCUT2D eigenvalue weighted by Crippen LogP contribution is 2.30. The second-order valence-corrected chi connectivity index (χ2v) is 5.21. The van der Waals surface area contributed by atoms with E-state index in [0.717, 1.165) is 12.8 Å². The van der Waals surface area contributed by atoms with Crippen molar-refractivity contribution >= 4 is 11.8 Å². The highest BCUT2D eigenvalue weighted by molar-refractivity contribution is 5.97. The van der Waals surface area contributed by atoms with Crippen LogP contribution < -0.4 is 11.1 Å². The van der Waals surface area contributed by atoms with Gasteiger partial charge < -0.3 is 11.1 Å². The van der Waals surface area contributed by atoms with Gasteiger partial charge in [-0.25, -0.2) is 0 Å². The van der Waals surface area contributed by atoms with Gasteiger partial charge >= 0.3 is 0 Å². The summed E-state index contributed by atoms with van der Waals surface area (Å²) in [7, 11) is 0. The molecule has 3 rings (SSSR count). The summed E-state index contributed by atoms with van der Waals surface area (Å²) in [5.41, 5.74) is 8.61. The summed E-state index contributed by atoms with van der Waals surface area (Å²) in [5, 5.41) is 3.04. The summed E-state index contributed by atoms with van der Waals surface area (Å²) >= 11 is 0. The van der Waals surface area contributed by atoms with Crippen molar-refractivity contribution < 1.29 is 9.59 Å². The molecule has 4 heteroatoms. The molecule has 0 heterocycles. The van der Waals surface area contributed by atoms with E-state index in [-0.39, 0.29) is 11.9 Å². The maximum Gasteiger partial charge on any atom is 0.251 e. The molecule has 1 aliphatic carbocycles. The molecule has 0 aromatic heterocycles. The smallest absolute Gasteiger partial charge is 0.251 e. The van der Waals surface area contributed by atoms with Crippen LogP contribution in [0.1, 0.15) is 44.3 Å². The van der Waals surface area contributed by atoms with Crippen molar-refractivity contribution in [1.82, 2.24) is 5.32 Å². The molecule has 0 aliphatic heterocycles. The second kappa shape index (κ2) is 5.40. The number of fused-ring (bicyclic) bond motifs is 1. The molecule has 0 spiro atoms. The van der Waals surface area contributed by atoms with Gasteiger partial charge in [0, 0.05) is 11.1 Å². The summed E-state index contributed by atoms with van der Waals surface area (Å²) in [6, 6.07) is 14.6. The Hall–Kier alpha value is -2.62. The molecule has 0 radical (unpaired) electrons. The third-order valence-electron chi connectivity index (χ3n) is 3.87. The van der Waals surface area contributed by atoms with E-state index >= 15 is 0 Å². The van der Waals surface area contributed by atoms with Crippen LogP contribution in [-0.2, 0) is 6.42 Å². The highest BCUT2D eigenvalue weighted by atomic mass is 16.2. The molecule has 106 valence electrons. The van der Waals surface area contributed by atoms with Crippen LogP contribution in [0.4, 0.5) is 0 Å². The van der Waals surface area contributed by atoms with Gasteiger partial charge in [-0.2, -0.15) is 0 Å². The molecule has 4 nitrogen and oxygen atoms in total. The van der Waals surface area contributed by atoms with Crippen molar-refractivity contribution in [2.45, 2.75) is 18.9 Å². The average Bonchev–Trinajstić information content (AvgIpc) is 2.91. The van der Waals surface area contributed by atoms with Crippen LogP contribution >= 0.6 is 0 Å². The van der Waals surface area contributed by atoms with E-state index in [4.69, 9.17) is 5.73 Å². The Morgan fingerprint density at radius 2 is 1.67 bits per heavy atom. The Morgan fingerprint density at radius 1 is 1.00 bits per heavy atom. The first-order valence-electron chi connectivity index (χ1n) is 6.93. The van der Waals surface area contributed by atoms with Gasteiger partial charge in [0.1, 0.15) is 0 Å². The molecular formula is C17H16N2O2. The Bertz CT molecular complexity index is 692. The Kier molecular flexibility index (Phi) is 3.44. The fraction of sp³-hybridized carbons (Fsp3) is 0.176. The number of nitrogens with one attached hydrogen (secondary N) is 1. The highest BCUT2D eigenvalue weighted by Gasteiger charge is 2.23. The van der Waals surface area contributed by atoms with Crippen LogP contribution in [0, 0.1) is 0 Å². The lowest BCUT2D eigenvalue weighted by Gasteiger charge is -2.14. The fourth-order valence-electron chi connectivity index (χ4n) is 2.73. The van der Waals surface area contributed by atoms with E-state index in [1.54, 1.807) is 24.3 Å². The SMILES string of the molecule is NC(=O)c1ccc(C(=O)N[C@H]2CCc3ccccc32)cc1. The van der Waals surface area contributed by atoms with E-state index in [1.165, 1.54) is 11.1 Å². The summed E-state index contributed by atoms with van der Waals surface area (Å²) in [6.45, 7) is 0. The van der Waals surface area contributed by atoms with Gasteiger partial charge in [0.25, 0.3) is 5.91 Å². The zero-order valence-corrected chi connectivity index (χ0v) is 11.5. The maximum absolute atomic E-state index is 12.3. The Labute approximate surface area is 123 Å². The molecule has 0 saturated heterocycles. The average molecular weight is 280 g/mol. The monoisotopic (exact) mass is 280 g/mol. The molecule has 2 aromatic carbocycles. The number of aryl methyl sites for hydroxylation is 1. The van der Waals surface area contributed by atoms with Crippen molar-refractivity contribution in [3.8, 4) is 0 Å². The molecule has 0 unspecified atom stereocenters. The maximum atomic E-state index is 12.3. The molecule has 1 aliphatic rings. The van der Waals surface area contributed by atoms with Gasteiger partial charge in [0.2, 0.25) is 5.91 Å². The number of carbonyl (C=O) groups is 2. The van der Waals surface area contributed by atoms with Crippen LogP contribution in [0.25, 0.3) is 0 Å². The number of amides is 2. The van der Waals surface area contributed by atoms with Crippen molar-refractivity contribution in [2.75, 3.05) is 0 Å². The zero-order chi connectivity index (χ0) is 14.8. The zero-order valence-electron chi connectivity index (χ0n) is 11.5. The summed E-state index contributed by atoms with van der Waals surface area (Å²) in [4.78, 5) is 23.3. The van der Waals surface area contributed by atoms with Crippen molar-refractivity contribution in [2.24, 2.45) is 5.73 Å². The molecule has 2 amide bonds. The summed E-state index contributed by atoms with van der Waals surface area (Å²) < 4.78 is 0. The topological polar surface area (TPSA) is 72.2 Å². The van der Waals surface area contributed by atoms with Crippen LogP contribution in [0.15, 0.2) is 48.5 Å². The number of rotatable bonds is 3. The Balaban J connectivity index is 1.74. The largest absolute Gasteiger partial charge is 0.366 e. The van der Waals surface area contributed by atoms with Crippen molar-refractivity contribution in [3.05, 3.63) is 70.8 Å². The molecule has 21 heavy (non-hydrogen) atoms. The molecule has 0 bridgehead atoms. The third kappa shape index (κ3) is 2.65. The van der Waals surface area contributed by atoms with Crippen molar-refractivity contribution in [1.29, 1.82) is 0 Å². The Morgan fingerprint density at radius 3 is 2.38 bits per heavy atom. The predicted molar refractivity (Wildman–Crippen MR) is 79.9 cm³/mol. The number of primary amides is 1. The number of hydrogen-bond donors (Lipinski definition) is 2. The molecule has 0 fully saturated rings. The van der Waals surface area contributed by atoms with Gasteiger partial charge in [0.15, 0.2) is 0 Å². The number of benzene rings is 2. The van der Waals surface area contributed by atoms with Gasteiger partial charge in [-0.05, 0) is 48.2 Å². The number of hydrogen-bond acceptors (Lipinski definition) is 2. The minimum absolute atomic E-state index is 0.0597. The van der Waals surface area contributed by atoms with E-state index < -0.39 is 5.91 Å². The van der Waals surface area contributed by atoms with Gasteiger partial charge in [-0.1, -0.05) is 24.3 Å². The van der Waals surface area contributed by atoms with Gasteiger partial charge in [-0.3, -0.25) is 9.59 Å². The fourth-order valence-corrected chi connectivity index (χ4v) is 2.73. The van der Waals surface area contributed by atoms with Crippen LogP contribution in [0.3, 0.4) is 0 Å². The van der Waals surface area contributed by atoms with Crippen LogP contribution in [-0.4, -0.2) is 11.8 Å². The molecular weight excluding hydrogens is 264 g/mol. The number of nitrogens with two attached hydrogens (primary N) is 1. The van der Waals surface area contributed by atoms with E-state index in [2.05, 4.69) is 17.4 Å². The summed E-state index contributed by atoms with van der Waals surface area (Å²) in [6.07, 6.45) is 1.91. The number of carbonyl (C=O) groups excluding carboxylic acids is 2. The second-order valence-electron chi connectivity index (χ2n) is 5.21. The third-order valence-corrected chi connectivity index (χ3v) is 3.87. The molecule has 2 aromatic rings. The van der Waals surface area contributed by atoms with E-state index in [9.17, 15) is 9.59 Å². The molecule has 0 saturated carbocycles.